The molecule has 0 unspecified atom stereocenters. The molecule has 0 aliphatic rings. The van der Waals surface area contributed by atoms with Crippen molar-refractivity contribution < 1.29 is 8.78 Å². The fraction of sp³-hybridized carbons (Fsp3) is 0.333. The molecule has 0 fully saturated rings. The number of alkyl halides is 2. The molecule has 0 heterocycles. The van der Waals surface area contributed by atoms with Gasteiger partial charge in [0.2, 0.25) is 6.43 Å². The van der Waals surface area contributed by atoms with E-state index in [1.165, 1.54) is 0 Å². The van der Waals surface area contributed by atoms with Crippen LogP contribution in [-0.2, 0) is 0 Å². The van der Waals surface area contributed by atoms with Crippen molar-refractivity contribution in [3.8, 4) is 0 Å². The molecule has 0 saturated heterocycles. The number of halogens is 3. The molecule has 4 heteroatoms. The summed E-state index contributed by atoms with van der Waals surface area (Å²) in [6.45, 7) is 0. The molecule has 0 spiro atoms. The van der Waals surface area contributed by atoms with Crippen LogP contribution in [0.25, 0.3) is 0 Å². The van der Waals surface area contributed by atoms with Crippen LogP contribution in [0.1, 0.15) is 18.0 Å². The van der Waals surface area contributed by atoms with Gasteiger partial charge in [-0.3, -0.25) is 0 Å². The Morgan fingerprint density at radius 1 is 1.31 bits per heavy atom. The molecule has 1 atom stereocenters. The third kappa shape index (κ3) is 2.94. The molecule has 13 heavy (non-hydrogen) atoms. The van der Waals surface area contributed by atoms with E-state index in [1.54, 1.807) is 24.3 Å². The van der Waals surface area contributed by atoms with Crippen molar-refractivity contribution in [3.05, 3.63) is 34.9 Å². The largest absolute Gasteiger partial charge is 0.324 e. The maximum Gasteiger partial charge on any atom is 0.240 e. The summed E-state index contributed by atoms with van der Waals surface area (Å²) >= 11 is 5.78. The van der Waals surface area contributed by atoms with Crippen LogP contribution in [0.2, 0.25) is 5.02 Å². The second-order valence-electron chi connectivity index (χ2n) is 2.75. The van der Waals surface area contributed by atoms with Crippen LogP contribution in [0, 0.1) is 0 Å². The fourth-order valence-electron chi connectivity index (χ4n) is 1.09. The first-order valence-corrected chi connectivity index (χ1v) is 4.27. The SMILES string of the molecule is N[C@@H](CC(F)F)c1ccccc1Cl. The van der Waals surface area contributed by atoms with Crippen LogP contribution in [-0.4, -0.2) is 6.43 Å². The maximum absolute atomic E-state index is 12.0. The molecule has 1 rings (SSSR count). The Kier molecular flexibility index (Phi) is 3.63. The van der Waals surface area contributed by atoms with Gasteiger partial charge in [-0.05, 0) is 11.6 Å². The van der Waals surface area contributed by atoms with Gasteiger partial charge in [0.05, 0.1) is 0 Å². The number of hydrogen-bond acceptors (Lipinski definition) is 1. The number of hydrogen-bond donors (Lipinski definition) is 1. The smallest absolute Gasteiger partial charge is 0.240 e. The highest BCUT2D eigenvalue weighted by Gasteiger charge is 2.14. The molecule has 72 valence electrons. The molecule has 0 amide bonds. The summed E-state index contributed by atoms with van der Waals surface area (Å²) in [5.41, 5.74) is 6.11. The van der Waals surface area contributed by atoms with E-state index in [4.69, 9.17) is 17.3 Å². The van der Waals surface area contributed by atoms with Crippen molar-refractivity contribution in [2.24, 2.45) is 5.73 Å². The lowest BCUT2D eigenvalue weighted by Crippen LogP contribution is -2.14. The van der Waals surface area contributed by atoms with Crippen LogP contribution >= 0.6 is 11.6 Å². The Labute approximate surface area is 80.5 Å². The van der Waals surface area contributed by atoms with Gasteiger partial charge in [-0.25, -0.2) is 8.78 Å². The Bertz CT molecular complexity index is 278. The second kappa shape index (κ2) is 4.53. The molecule has 1 aromatic carbocycles. The van der Waals surface area contributed by atoms with Gasteiger partial charge >= 0.3 is 0 Å². The minimum atomic E-state index is -2.40. The summed E-state index contributed by atoms with van der Waals surface area (Å²) in [5, 5.41) is 0.440. The van der Waals surface area contributed by atoms with Crippen LogP contribution in [0.15, 0.2) is 24.3 Å². The zero-order valence-corrected chi connectivity index (χ0v) is 7.64. The molecule has 0 saturated carbocycles. The molecule has 0 bridgehead atoms. The first-order chi connectivity index (χ1) is 6.11. The monoisotopic (exact) mass is 205 g/mol. The molecule has 1 aromatic rings. The molecule has 1 nitrogen and oxygen atoms in total. The zero-order valence-electron chi connectivity index (χ0n) is 6.88. The Hall–Kier alpha value is -0.670. The predicted octanol–water partition coefficient (Wildman–Crippen LogP) is 3.00. The summed E-state index contributed by atoms with van der Waals surface area (Å²) in [6.07, 6.45) is -2.75. The molecule has 0 radical (unpaired) electrons. The highest BCUT2D eigenvalue weighted by Crippen LogP contribution is 2.24. The zero-order chi connectivity index (χ0) is 9.84. The third-order valence-corrected chi connectivity index (χ3v) is 2.08. The van der Waals surface area contributed by atoms with E-state index in [-0.39, 0.29) is 6.42 Å². The van der Waals surface area contributed by atoms with E-state index in [0.29, 0.717) is 10.6 Å². The van der Waals surface area contributed by atoms with Gasteiger partial charge in [0, 0.05) is 17.5 Å². The van der Waals surface area contributed by atoms with Crippen molar-refractivity contribution in [2.75, 3.05) is 0 Å². The standard InChI is InChI=1S/C9H10ClF2N/c10-7-4-2-1-3-6(7)8(13)5-9(11)12/h1-4,8-9H,5,13H2/t8-/m0/s1. The second-order valence-corrected chi connectivity index (χ2v) is 3.16. The van der Waals surface area contributed by atoms with Gasteiger partial charge in [-0.2, -0.15) is 0 Å². The molecular formula is C9H10ClF2N. The van der Waals surface area contributed by atoms with E-state index in [2.05, 4.69) is 0 Å². The normalized spacial score (nSPS) is 13.3. The van der Waals surface area contributed by atoms with Gasteiger partial charge in [-0.15, -0.1) is 0 Å². The number of nitrogens with two attached hydrogens (primary N) is 1. The Morgan fingerprint density at radius 3 is 2.46 bits per heavy atom. The Morgan fingerprint density at radius 2 is 1.92 bits per heavy atom. The van der Waals surface area contributed by atoms with E-state index >= 15 is 0 Å². The molecule has 0 aromatic heterocycles. The lowest BCUT2D eigenvalue weighted by atomic mass is 10.1. The van der Waals surface area contributed by atoms with Crippen molar-refractivity contribution in [1.82, 2.24) is 0 Å². The molecule has 0 aliphatic carbocycles. The van der Waals surface area contributed by atoms with E-state index in [1.807, 2.05) is 0 Å². The number of benzene rings is 1. The predicted molar refractivity (Wildman–Crippen MR) is 49.0 cm³/mol. The quantitative estimate of drug-likeness (QED) is 0.807. The average molecular weight is 206 g/mol. The summed E-state index contributed by atoms with van der Waals surface area (Å²) in [6, 6.07) is 6.08. The molecule has 0 aliphatic heterocycles. The van der Waals surface area contributed by atoms with Crippen molar-refractivity contribution in [1.29, 1.82) is 0 Å². The minimum Gasteiger partial charge on any atom is -0.324 e. The molecule has 2 N–H and O–H groups in total. The lowest BCUT2D eigenvalue weighted by Gasteiger charge is -2.12. The van der Waals surface area contributed by atoms with E-state index in [9.17, 15) is 8.78 Å². The fourth-order valence-corrected chi connectivity index (χ4v) is 1.37. The summed E-state index contributed by atoms with van der Waals surface area (Å²) in [5.74, 6) is 0. The minimum absolute atomic E-state index is 0.357. The lowest BCUT2D eigenvalue weighted by molar-refractivity contribution is 0.128. The van der Waals surface area contributed by atoms with Gasteiger partial charge in [-0.1, -0.05) is 29.8 Å². The van der Waals surface area contributed by atoms with Gasteiger partial charge in [0.1, 0.15) is 0 Å². The highest BCUT2D eigenvalue weighted by molar-refractivity contribution is 6.31. The van der Waals surface area contributed by atoms with Gasteiger partial charge in [0.25, 0.3) is 0 Å². The Balaban J connectivity index is 2.76. The van der Waals surface area contributed by atoms with Gasteiger partial charge in [0.15, 0.2) is 0 Å². The van der Waals surface area contributed by atoms with Crippen LogP contribution in [0.4, 0.5) is 8.78 Å². The van der Waals surface area contributed by atoms with Crippen LogP contribution in [0.3, 0.4) is 0 Å². The maximum atomic E-state index is 12.0. The van der Waals surface area contributed by atoms with Crippen LogP contribution < -0.4 is 5.73 Å². The van der Waals surface area contributed by atoms with E-state index in [0.717, 1.165) is 0 Å². The third-order valence-electron chi connectivity index (χ3n) is 1.74. The van der Waals surface area contributed by atoms with Gasteiger partial charge < -0.3 is 5.73 Å². The first kappa shape index (κ1) is 10.4. The molecular weight excluding hydrogens is 196 g/mol. The summed E-state index contributed by atoms with van der Waals surface area (Å²) in [4.78, 5) is 0. The average Bonchev–Trinajstić information content (AvgIpc) is 2.03. The summed E-state index contributed by atoms with van der Waals surface area (Å²) < 4.78 is 24.0. The van der Waals surface area contributed by atoms with Crippen molar-refractivity contribution in [2.45, 2.75) is 18.9 Å². The summed E-state index contributed by atoms with van der Waals surface area (Å²) in [7, 11) is 0. The topological polar surface area (TPSA) is 26.0 Å². The van der Waals surface area contributed by atoms with E-state index < -0.39 is 12.5 Å². The first-order valence-electron chi connectivity index (χ1n) is 3.89. The van der Waals surface area contributed by atoms with Crippen molar-refractivity contribution in [3.63, 3.8) is 0 Å². The number of rotatable bonds is 3. The highest BCUT2D eigenvalue weighted by atomic mass is 35.5. The van der Waals surface area contributed by atoms with Crippen molar-refractivity contribution >= 4 is 11.6 Å². The van der Waals surface area contributed by atoms with Crippen LogP contribution in [0.5, 0.6) is 0 Å².